The molecule has 1 aliphatic rings. The molecule has 2 atom stereocenters. The molecule has 1 nitrogen and oxygen atoms in total. The van der Waals surface area contributed by atoms with Gasteiger partial charge in [-0.25, -0.2) is 0 Å². The van der Waals surface area contributed by atoms with Crippen molar-refractivity contribution < 1.29 is 0 Å². The van der Waals surface area contributed by atoms with Crippen molar-refractivity contribution in [3.8, 4) is 12.3 Å². The second kappa shape index (κ2) is 5.89. The van der Waals surface area contributed by atoms with E-state index in [0.717, 1.165) is 12.8 Å². The van der Waals surface area contributed by atoms with Gasteiger partial charge in [-0.3, -0.25) is 0 Å². The quantitative estimate of drug-likeness (QED) is 0.779. The van der Waals surface area contributed by atoms with Gasteiger partial charge in [0.15, 0.2) is 0 Å². The zero-order valence-electron chi connectivity index (χ0n) is 10.6. The molecule has 1 aliphatic carbocycles. The molecule has 0 saturated carbocycles. The van der Waals surface area contributed by atoms with Crippen LogP contribution in [0.5, 0.6) is 0 Å². The molecule has 17 heavy (non-hydrogen) atoms. The van der Waals surface area contributed by atoms with Gasteiger partial charge in [0, 0.05) is 12.5 Å². The van der Waals surface area contributed by atoms with Gasteiger partial charge in [0.2, 0.25) is 0 Å². The Labute approximate surface area is 105 Å². The summed E-state index contributed by atoms with van der Waals surface area (Å²) >= 11 is 0. The summed E-state index contributed by atoms with van der Waals surface area (Å²) in [7, 11) is 2.05. The van der Waals surface area contributed by atoms with Crippen molar-refractivity contribution in [1.29, 1.82) is 0 Å². The number of benzene rings is 1. The van der Waals surface area contributed by atoms with Crippen LogP contribution in [0.3, 0.4) is 0 Å². The molecule has 0 aromatic heterocycles. The topological polar surface area (TPSA) is 12.0 Å². The Morgan fingerprint density at radius 2 is 2.29 bits per heavy atom. The Morgan fingerprint density at radius 3 is 3.06 bits per heavy atom. The first-order chi connectivity index (χ1) is 8.36. The largest absolute Gasteiger partial charge is 0.316 e. The highest BCUT2D eigenvalue weighted by Gasteiger charge is 2.26. The van der Waals surface area contributed by atoms with Crippen molar-refractivity contribution in [1.82, 2.24) is 5.32 Å². The fourth-order valence-corrected chi connectivity index (χ4v) is 2.99. The minimum atomic E-state index is 0.521. The van der Waals surface area contributed by atoms with Gasteiger partial charge in [-0.05, 0) is 49.8 Å². The molecule has 0 spiro atoms. The van der Waals surface area contributed by atoms with Crippen LogP contribution < -0.4 is 5.32 Å². The molecular formula is C16H21N. The maximum Gasteiger partial charge on any atom is 0.0142 e. The lowest BCUT2D eigenvalue weighted by Crippen LogP contribution is -2.34. The molecule has 1 N–H and O–H groups in total. The smallest absolute Gasteiger partial charge is 0.0142 e. The summed E-state index contributed by atoms with van der Waals surface area (Å²) in [5.41, 5.74) is 3.07. The fourth-order valence-electron chi connectivity index (χ4n) is 2.99. The van der Waals surface area contributed by atoms with Gasteiger partial charge in [-0.1, -0.05) is 24.3 Å². The zero-order chi connectivity index (χ0) is 12.1. The minimum absolute atomic E-state index is 0.521. The lowest BCUT2D eigenvalue weighted by Gasteiger charge is -2.32. The van der Waals surface area contributed by atoms with E-state index >= 15 is 0 Å². The van der Waals surface area contributed by atoms with E-state index in [-0.39, 0.29) is 0 Å². The summed E-state index contributed by atoms with van der Waals surface area (Å²) in [6, 6.07) is 9.39. The van der Waals surface area contributed by atoms with Crippen LogP contribution in [0.15, 0.2) is 24.3 Å². The number of hydrogen-bond acceptors (Lipinski definition) is 1. The summed E-state index contributed by atoms with van der Waals surface area (Å²) in [6.07, 6.45) is 11.1. The fraction of sp³-hybridized carbons (Fsp3) is 0.500. The number of hydrogen-bond donors (Lipinski definition) is 1. The normalized spacial score (nSPS) is 20.4. The highest BCUT2D eigenvalue weighted by Crippen LogP contribution is 2.35. The van der Waals surface area contributed by atoms with Crippen LogP contribution in [-0.4, -0.2) is 13.1 Å². The van der Waals surface area contributed by atoms with Crippen LogP contribution in [0.25, 0.3) is 0 Å². The molecule has 90 valence electrons. The molecule has 1 aromatic carbocycles. The number of aryl methyl sites for hydroxylation is 1. The van der Waals surface area contributed by atoms with Gasteiger partial charge in [-0.2, -0.15) is 0 Å². The summed E-state index contributed by atoms with van der Waals surface area (Å²) in [4.78, 5) is 0. The predicted octanol–water partition coefficient (Wildman–Crippen LogP) is 3.11. The average Bonchev–Trinajstić information content (AvgIpc) is 2.40. The Bertz CT molecular complexity index is 402. The lowest BCUT2D eigenvalue weighted by molar-refractivity contribution is 0.397. The summed E-state index contributed by atoms with van der Waals surface area (Å²) in [5, 5.41) is 3.45. The Hall–Kier alpha value is -1.26. The predicted molar refractivity (Wildman–Crippen MR) is 73.0 cm³/mol. The summed E-state index contributed by atoms with van der Waals surface area (Å²) in [6.45, 7) is 0. The molecular weight excluding hydrogens is 206 g/mol. The molecule has 0 saturated heterocycles. The number of nitrogens with one attached hydrogen (secondary N) is 1. The van der Waals surface area contributed by atoms with Gasteiger partial charge in [-0.15, -0.1) is 12.3 Å². The van der Waals surface area contributed by atoms with Crippen LogP contribution in [0.2, 0.25) is 0 Å². The minimum Gasteiger partial charge on any atom is -0.316 e. The van der Waals surface area contributed by atoms with E-state index in [2.05, 4.69) is 42.6 Å². The standard InChI is InChI=1S/C16H21N/c1-3-4-12-16(17-2)15-11-7-9-13-8-5-6-10-14(13)15/h1,5-6,8,10,15-17H,4,7,9,11-12H2,2H3. The van der Waals surface area contributed by atoms with E-state index in [1.54, 1.807) is 0 Å². The van der Waals surface area contributed by atoms with Crippen LogP contribution in [0.1, 0.15) is 42.7 Å². The first-order valence-corrected chi connectivity index (χ1v) is 6.55. The molecule has 0 amide bonds. The van der Waals surface area contributed by atoms with Crippen molar-refractivity contribution in [2.45, 2.75) is 44.1 Å². The first kappa shape index (κ1) is 12.2. The molecule has 0 heterocycles. The van der Waals surface area contributed by atoms with Crippen LogP contribution in [0.4, 0.5) is 0 Å². The Balaban J connectivity index is 2.19. The third-order valence-corrected chi connectivity index (χ3v) is 3.87. The van der Waals surface area contributed by atoms with Crippen LogP contribution in [-0.2, 0) is 6.42 Å². The van der Waals surface area contributed by atoms with E-state index in [1.807, 2.05) is 0 Å². The van der Waals surface area contributed by atoms with Gasteiger partial charge in [0.1, 0.15) is 0 Å². The monoisotopic (exact) mass is 227 g/mol. The molecule has 2 rings (SSSR count). The molecule has 1 aromatic rings. The third-order valence-electron chi connectivity index (χ3n) is 3.87. The molecule has 0 aliphatic heterocycles. The maximum atomic E-state index is 5.38. The van der Waals surface area contributed by atoms with Gasteiger partial charge in [0.05, 0.1) is 0 Å². The van der Waals surface area contributed by atoms with Crippen molar-refractivity contribution in [2.75, 3.05) is 7.05 Å². The Morgan fingerprint density at radius 1 is 1.47 bits per heavy atom. The SMILES string of the molecule is C#CCCC(NC)C1CCCc2ccccc21. The van der Waals surface area contributed by atoms with E-state index in [1.165, 1.54) is 30.4 Å². The Kier molecular flexibility index (Phi) is 4.23. The lowest BCUT2D eigenvalue weighted by atomic mass is 9.77. The highest BCUT2D eigenvalue weighted by molar-refractivity contribution is 5.33. The average molecular weight is 227 g/mol. The highest BCUT2D eigenvalue weighted by atomic mass is 14.9. The summed E-state index contributed by atoms with van der Waals surface area (Å²) < 4.78 is 0. The number of fused-ring (bicyclic) bond motifs is 1. The van der Waals surface area contributed by atoms with E-state index in [0.29, 0.717) is 12.0 Å². The van der Waals surface area contributed by atoms with Crippen LogP contribution in [0, 0.1) is 12.3 Å². The number of terminal acetylenes is 1. The molecule has 0 radical (unpaired) electrons. The molecule has 1 heteroatoms. The second-order valence-electron chi connectivity index (χ2n) is 4.84. The maximum absolute atomic E-state index is 5.38. The zero-order valence-corrected chi connectivity index (χ0v) is 10.6. The van der Waals surface area contributed by atoms with Gasteiger partial charge >= 0.3 is 0 Å². The van der Waals surface area contributed by atoms with E-state index in [9.17, 15) is 0 Å². The third kappa shape index (κ3) is 2.70. The summed E-state index contributed by atoms with van der Waals surface area (Å²) in [5.74, 6) is 3.39. The van der Waals surface area contributed by atoms with E-state index < -0.39 is 0 Å². The van der Waals surface area contributed by atoms with Gasteiger partial charge in [0.25, 0.3) is 0 Å². The molecule has 0 fully saturated rings. The van der Waals surface area contributed by atoms with Crippen LogP contribution >= 0.6 is 0 Å². The molecule has 2 unspecified atom stereocenters. The second-order valence-corrected chi connectivity index (χ2v) is 4.84. The van der Waals surface area contributed by atoms with Crippen molar-refractivity contribution in [3.05, 3.63) is 35.4 Å². The van der Waals surface area contributed by atoms with E-state index in [4.69, 9.17) is 6.42 Å². The van der Waals surface area contributed by atoms with Crippen molar-refractivity contribution >= 4 is 0 Å². The number of likely N-dealkylation sites (N-methyl/N-ethyl adjacent to an activating group) is 1. The van der Waals surface area contributed by atoms with Gasteiger partial charge < -0.3 is 5.32 Å². The molecule has 0 bridgehead atoms. The first-order valence-electron chi connectivity index (χ1n) is 6.55. The van der Waals surface area contributed by atoms with Crippen molar-refractivity contribution in [3.63, 3.8) is 0 Å². The number of rotatable bonds is 4. The van der Waals surface area contributed by atoms with Crippen molar-refractivity contribution in [2.24, 2.45) is 0 Å².